The van der Waals surface area contributed by atoms with Crippen LogP contribution >= 0.6 is 0 Å². The quantitative estimate of drug-likeness (QED) is 0.844. The van der Waals surface area contributed by atoms with Crippen LogP contribution < -0.4 is 11.2 Å². The molecule has 2 N–H and O–H groups in total. The van der Waals surface area contributed by atoms with Crippen molar-refractivity contribution in [3.8, 4) is 0 Å². The molecule has 6 heteroatoms. The summed E-state index contributed by atoms with van der Waals surface area (Å²) in [6, 6.07) is 7.47. The van der Waals surface area contributed by atoms with Crippen molar-refractivity contribution < 1.29 is 9.90 Å². The number of carboxylic acids is 1. The summed E-state index contributed by atoms with van der Waals surface area (Å²) in [4.78, 5) is 35.7. The predicted octanol–water partition coefficient (Wildman–Crippen LogP) is 0.592. The number of aromatic nitrogens is 2. The molecule has 0 unspecified atom stereocenters. The average molecular weight is 260 g/mol. The van der Waals surface area contributed by atoms with E-state index in [0.717, 1.165) is 21.9 Å². The molecular weight excluding hydrogens is 248 g/mol. The number of benzene rings is 1. The average Bonchev–Trinajstić information content (AvgIpc) is 2.34. The molecule has 0 saturated heterocycles. The lowest BCUT2D eigenvalue weighted by molar-refractivity contribution is 0.0693. The highest BCUT2D eigenvalue weighted by molar-refractivity contribution is 5.86. The number of carboxylic acid groups (broad SMARTS) is 1. The van der Waals surface area contributed by atoms with Crippen molar-refractivity contribution in [2.45, 2.75) is 13.5 Å². The molecule has 0 atom stereocenters. The van der Waals surface area contributed by atoms with Gasteiger partial charge in [-0.25, -0.2) is 9.59 Å². The van der Waals surface area contributed by atoms with E-state index in [4.69, 9.17) is 5.11 Å². The maximum atomic E-state index is 11.6. The fourth-order valence-corrected chi connectivity index (χ4v) is 1.67. The largest absolute Gasteiger partial charge is 0.477 e. The molecule has 0 aliphatic heterocycles. The van der Waals surface area contributed by atoms with E-state index in [2.05, 4.69) is 0 Å². The van der Waals surface area contributed by atoms with Gasteiger partial charge in [0.1, 0.15) is 5.56 Å². The van der Waals surface area contributed by atoms with Crippen LogP contribution in [0, 0.1) is 6.92 Å². The third-order valence-electron chi connectivity index (χ3n) is 2.71. The van der Waals surface area contributed by atoms with Crippen molar-refractivity contribution in [3.63, 3.8) is 0 Å². The van der Waals surface area contributed by atoms with Gasteiger partial charge in [0.15, 0.2) is 0 Å². The first-order valence-corrected chi connectivity index (χ1v) is 5.60. The first-order chi connectivity index (χ1) is 8.97. The van der Waals surface area contributed by atoms with Crippen LogP contribution in [0.25, 0.3) is 0 Å². The molecule has 0 bridgehead atoms. The standard InChI is InChI=1S/C13H12N2O4/c1-8-2-4-9(5-3-8)6-15-7-10(12(17)18)11(16)14-13(15)19/h2-5,7H,6H2,1H3,(H,17,18)(H,14,16,19). The molecule has 0 aliphatic rings. The fraction of sp³-hybridized carbons (Fsp3) is 0.154. The summed E-state index contributed by atoms with van der Waals surface area (Å²) >= 11 is 0. The molecule has 0 saturated carbocycles. The Morgan fingerprint density at radius 1 is 1.26 bits per heavy atom. The number of rotatable bonds is 3. The number of aromatic amines is 1. The second-order valence-corrected chi connectivity index (χ2v) is 4.22. The summed E-state index contributed by atoms with van der Waals surface area (Å²) in [5, 5.41) is 8.85. The van der Waals surface area contributed by atoms with Crippen LogP contribution in [0.1, 0.15) is 21.5 Å². The molecule has 19 heavy (non-hydrogen) atoms. The zero-order valence-electron chi connectivity index (χ0n) is 10.2. The Morgan fingerprint density at radius 3 is 2.47 bits per heavy atom. The monoisotopic (exact) mass is 260 g/mol. The number of H-pyrrole nitrogens is 1. The number of nitrogens with one attached hydrogen (secondary N) is 1. The number of hydrogen-bond donors (Lipinski definition) is 2. The van der Waals surface area contributed by atoms with E-state index in [1.165, 1.54) is 0 Å². The van der Waals surface area contributed by atoms with Crippen LogP contribution in [-0.4, -0.2) is 20.6 Å². The van der Waals surface area contributed by atoms with Gasteiger partial charge in [0, 0.05) is 6.20 Å². The molecule has 2 aromatic rings. The highest BCUT2D eigenvalue weighted by Gasteiger charge is 2.11. The molecule has 2 rings (SSSR count). The number of carbonyl (C=O) groups is 1. The van der Waals surface area contributed by atoms with Gasteiger partial charge in [0.05, 0.1) is 6.54 Å². The topological polar surface area (TPSA) is 92.2 Å². The Kier molecular flexibility index (Phi) is 3.33. The lowest BCUT2D eigenvalue weighted by Crippen LogP contribution is -2.33. The van der Waals surface area contributed by atoms with Crippen molar-refractivity contribution in [1.82, 2.24) is 9.55 Å². The van der Waals surface area contributed by atoms with Gasteiger partial charge in [-0.2, -0.15) is 0 Å². The van der Waals surface area contributed by atoms with Gasteiger partial charge in [0.2, 0.25) is 0 Å². The normalized spacial score (nSPS) is 10.4. The van der Waals surface area contributed by atoms with E-state index >= 15 is 0 Å². The summed E-state index contributed by atoms with van der Waals surface area (Å²) in [6.45, 7) is 2.15. The molecule has 0 spiro atoms. The van der Waals surface area contributed by atoms with Gasteiger partial charge >= 0.3 is 11.7 Å². The van der Waals surface area contributed by atoms with E-state index in [9.17, 15) is 14.4 Å². The van der Waals surface area contributed by atoms with Gasteiger partial charge in [-0.15, -0.1) is 0 Å². The van der Waals surface area contributed by atoms with Gasteiger partial charge < -0.3 is 5.11 Å². The van der Waals surface area contributed by atoms with Crippen LogP contribution in [-0.2, 0) is 6.54 Å². The van der Waals surface area contributed by atoms with Crippen molar-refractivity contribution in [2.24, 2.45) is 0 Å². The predicted molar refractivity (Wildman–Crippen MR) is 68.6 cm³/mol. The molecule has 0 amide bonds. The SMILES string of the molecule is Cc1ccc(Cn2cc(C(=O)O)c(=O)[nH]c2=O)cc1. The van der Waals surface area contributed by atoms with E-state index in [0.29, 0.717) is 0 Å². The van der Waals surface area contributed by atoms with Crippen molar-refractivity contribution in [2.75, 3.05) is 0 Å². The van der Waals surface area contributed by atoms with E-state index in [1.807, 2.05) is 36.2 Å². The minimum atomic E-state index is -1.36. The third kappa shape index (κ3) is 2.79. The Morgan fingerprint density at radius 2 is 1.89 bits per heavy atom. The van der Waals surface area contributed by atoms with Crippen LogP contribution in [0.5, 0.6) is 0 Å². The van der Waals surface area contributed by atoms with Crippen molar-refractivity contribution in [3.05, 3.63) is 68.0 Å². The lowest BCUT2D eigenvalue weighted by atomic mass is 10.1. The maximum absolute atomic E-state index is 11.6. The Hall–Kier alpha value is -2.63. The maximum Gasteiger partial charge on any atom is 0.342 e. The van der Waals surface area contributed by atoms with Crippen LogP contribution in [0.15, 0.2) is 40.1 Å². The third-order valence-corrected chi connectivity index (χ3v) is 2.71. The fourth-order valence-electron chi connectivity index (χ4n) is 1.67. The van der Waals surface area contributed by atoms with Crippen LogP contribution in [0.2, 0.25) is 0 Å². The minimum Gasteiger partial charge on any atom is -0.477 e. The van der Waals surface area contributed by atoms with E-state index < -0.39 is 22.8 Å². The zero-order chi connectivity index (χ0) is 14.0. The summed E-state index contributed by atoms with van der Waals surface area (Å²) in [6.07, 6.45) is 1.06. The Balaban J connectivity index is 2.43. The molecular formula is C13H12N2O4. The summed E-state index contributed by atoms with van der Waals surface area (Å²) in [5.41, 5.74) is -0.0418. The molecule has 0 radical (unpaired) electrons. The van der Waals surface area contributed by atoms with Gasteiger partial charge in [-0.3, -0.25) is 14.3 Å². The molecule has 6 nitrogen and oxygen atoms in total. The Bertz CT molecular complexity index is 726. The Labute approximate surface area is 108 Å². The van der Waals surface area contributed by atoms with Crippen LogP contribution in [0.3, 0.4) is 0 Å². The second kappa shape index (κ2) is 4.93. The van der Waals surface area contributed by atoms with Crippen molar-refractivity contribution in [1.29, 1.82) is 0 Å². The molecule has 1 heterocycles. The highest BCUT2D eigenvalue weighted by Crippen LogP contribution is 2.04. The van der Waals surface area contributed by atoms with E-state index in [-0.39, 0.29) is 6.54 Å². The first-order valence-electron chi connectivity index (χ1n) is 5.60. The number of nitrogens with zero attached hydrogens (tertiary/aromatic N) is 1. The molecule has 1 aromatic heterocycles. The summed E-state index contributed by atoms with van der Waals surface area (Å²) < 4.78 is 1.16. The highest BCUT2D eigenvalue weighted by atomic mass is 16.4. The molecule has 1 aromatic carbocycles. The minimum absolute atomic E-state index is 0.205. The van der Waals surface area contributed by atoms with Crippen LogP contribution in [0.4, 0.5) is 0 Å². The zero-order valence-corrected chi connectivity index (χ0v) is 10.2. The van der Waals surface area contributed by atoms with Gasteiger partial charge in [0.25, 0.3) is 5.56 Å². The smallest absolute Gasteiger partial charge is 0.342 e. The molecule has 98 valence electrons. The summed E-state index contributed by atoms with van der Waals surface area (Å²) in [5.74, 6) is -1.36. The number of aromatic carboxylic acids is 1. The van der Waals surface area contributed by atoms with Gasteiger partial charge in [-0.1, -0.05) is 29.8 Å². The van der Waals surface area contributed by atoms with E-state index in [1.54, 1.807) is 0 Å². The number of hydrogen-bond acceptors (Lipinski definition) is 3. The van der Waals surface area contributed by atoms with Gasteiger partial charge in [-0.05, 0) is 12.5 Å². The second-order valence-electron chi connectivity index (χ2n) is 4.22. The molecule has 0 aliphatic carbocycles. The lowest BCUT2D eigenvalue weighted by Gasteiger charge is -2.06. The summed E-state index contributed by atoms with van der Waals surface area (Å²) in [7, 11) is 0. The molecule has 0 fully saturated rings. The first kappa shape index (κ1) is 12.8. The van der Waals surface area contributed by atoms with Crippen molar-refractivity contribution >= 4 is 5.97 Å². The number of aryl methyl sites for hydroxylation is 1.